The van der Waals surface area contributed by atoms with Gasteiger partial charge >= 0.3 is 0 Å². The number of rotatable bonds is 7. The van der Waals surface area contributed by atoms with Crippen molar-refractivity contribution in [1.82, 2.24) is 29.1 Å². The van der Waals surface area contributed by atoms with E-state index in [-0.39, 0.29) is 0 Å². The van der Waals surface area contributed by atoms with Crippen LogP contribution in [0, 0.1) is 0 Å². The minimum atomic E-state index is 0.871. The molecule has 0 N–H and O–H groups in total. The summed E-state index contributed by atoms with van der Waals surface area (Å²) < 4.78 is 4.72. The Bertz CT molecular complexity index is 6440. The lowest BCUT2D eigenvalue weighted by molar-refractivity contribution is 1.18. The molecule has 96 heavy (non-hydrogen) atoms. The minimum Gasteiger partial charge on any atom is -0.309 e. The molecule has 0 aliphatic rings. The zero-order chi connectivity index (χ0) is 63.2. The molecule has 20 rings (SSSR count). The van der Waals surface area contributed by atoms with Crippen LogP contribution in [0.2, 0.25) is 0 Å². The van der Waals surface area contributed by atoms with Gasteiger partial charge in [0.1, 0.15) is 0 Å². The molecule has 16 aromatic carbocycles. The zero-order valence-electron chi connectivity index (χ0n) is 52.0. The van der Waals surface area contributed by atoms with Crippen LogP contribution < -0.4 is 0 Å². The van der Waals surface area contributed by atoms with Crippen molar-refractivity contribution in [3.05, 3.63) is 340 Å². The predicted octanol–water partition coefficient (Wildman–Crippen LogP) is 23.6. The first-order valence-corrected chi connectivity index (χ1v) is 32.7. The Labute approximate surface area is 552 Å². The number of benzene rings is 16. The Kier molecular flexibility index (Phi) is 12.8. The second kappa shape index (κ2) is 22.4. The van der Waals surface area contributed by atoms with Crippen molar-refractivity contribution in [3.8, 4) is 67.3 Å². The summed E-state index contributed by atoms with van der Waals surface area (Å²) in [6.07, 6.45) is 3.83. The average Bonchev–Trinajstić information content (AvgIpc) is 1.16. The molecule has 0 atom stereocenters. The Morgan fingerprint density at radius 1 is 0.188 bits per heavy atom. The highest BCUT2D eigenvalue weighted by molar-refractivity contribution is 6.24. The third-order valence-electron chi connectivity index (χ3n) is 19.4. The molecule has 0 radical (unpaired) electrons. The molecule has 0 spiro atoms. The summed E-state index contributed by atoms with van der Waals surface area (Å²) in [4.78, 5) is 20.4. The molecule has 0 amide bonds. The summed E-state index contributed by atoms with van der Waals surface area (Å²) in [5, 5.41) is 16.7. The quantitative estimate of drug-likeness (QED) is 0.149. The Balaban J connectivity index is 0.000000135. The third-order valence-corrected chi connectivity index (χ3v) is 19.4. The average molecular weight is 1220 g/mol. The fourth-order valence-corrected chi connectivity index (χ4v) is 14.8. The molecule has 0 bridgehead atoms. The number of fused-ring (bicyclic) bond motifs is 19. The van der Waals surface area contributed by atoms with Crippen molar-refractivity contribution in [2.45, 2.75) is 0 Å². The van der Waals surface area contributed by atoms with Gasteiger partial charge < -0.3 is 9.13 Å². The highest BCUT2D eigenvalue weighted by Crippen LogP contribution is 2.41. The summed E-state index contributed by atoms with van der Waals surface area (Å²) in [5.74, 6) is 0. The monoisotopic (exact) mass is 1220 g/mol. The van der Waals surface area contributed by atoms with E-state index in [2.05, 4.69) is 337 Å². The van der Waals surface area contributed by atoms with Gasteiger partial charge in [-0.3, -0.25) is 9.97 Å². The molecule has 0 saturated carbocycles. The summed E-state index contributed by atoms with van der Waals surface area (Å²) in [7, 11) is 0. The Hall–Kier alpha value is -12.9. The van der Waals surface area contributed by atoms with Crippen LogP contribution in [-0.4, -0.2) is 29.1 Å². The fourth-order valence-electron chi connectivity index (χ4n) is 14.8. The summed E-state index contributed by atoms with van der Waals surface area (Å²) in [5.41, 5.74) is 21.9. The maximum Gasteiger partial charge on any atom is 0.0979 e. The van der Waals surface area contributed by atoms with Gasteiger partial charge in [-0.1, -0.05) is 249 Å². The van der Waals surface area contributed by atoms with E-state index in [0.717, 1.165) is 71.7 Å². The number of hydrogen-bond acceptors (Lipinski definition) is 4. The molecule has 20 aromatic rings. The molecule has 0 saturated heterocycles. The molecule has 4 heterocycles. The molecule has 0 fully saturated rings. The number of para-hydroxylation sites is 4. The van der Waals surface area contributed by atoms with Crippen LogP contribution >= 0.6 is 0 Å². The lowest BCUT2D eigenvalue weighted by Crippen LogP contribution is -1.93. The van der Waals surface area contributed by atoms with Crippen LogP contribution in [0.3, 0.4) is 0 Å². The lowest BCUT2D eigenvalue weighted by Gasteiger charge is -2.11. The van der Waals surface area contributed by atoms with E-state index >= 15 is 0 Å². The third kappa shape index (κ3) is 9.10. The van der Waals surface area contributed by atoms with E-state index in [1.54, 1.807) is 0 Å². The highest BCUT2D eigenvalue weighted by Gasteiger charge is 2.19. The fraction of sp³-hybridized carbons (Fsp3) is 0. The van der Waals surface area contributed by atoms with Crippen molar-refractivity contribution in [1.29, 1.82) is 0 Å². The molecule has 6 heteroatoms. The number of hydrogen-bond donors (Lipinski definition) is 0. The van der Waals surface area contributed by atoms with E-state index in [1.807, 2.05) is 12.4 Å². The molecular formula is C90H56N6. The van der Waals surface area contributed by atoms with Crippen molar-refractivity contribution in [3.63, 3.8) is 0 Å². The zero-order valence-corrected chi connectivity index (χ0v) is 52.0. The summed E-state index contributed by atoms with van der Waals surface area (Å²) in [6, 6.07) is 117. The maximum atomic E-state index is 5.24. The van der Waals surface area contributed by atoms with Gasteiger partial charge in [0.05, 0.1) is 67.9 Å². The van der Waals surface area contributed by atoms with Gasteiger partial charge in [0.25, 0.3) is 0 Å². The van der Waals surface area contributed by atoms with Crippen LogP contribution in [0.25, 0.3) is 187 Å². The van der Waals surface area contributed by atoms with Crippen LogP contribution in [0.15, 0.2) is 340 Å². The van der Waals surface area contributed by atoms with Gasteiger partial charge in [0, 0.05) is 65.6 Å². The topological polar surface area (TPSA) is 61.4 Å². The van der Waals surface area contributed by atoms with E-state index in [9.17, 15) is 0 Å². The highest BCUT2D eigenvalue weighted by atomic mass is 15.0. The molecule has 0 aliphatic carbocycles. The van der Waals surface area contributed by atoms with Crippen molar-refractivity contribution in [2.24, 2.45) is 0 Å². The van der Waals surface area contributed by atoms with Gasteiger partial charge in [-0.15, -0.1) is 0 Å². The normalized spacial score (nSPS) is 11.8. The van der Waals surface area contributed by atoms with E-state index < -0.39 is 0 Å². The number of aromatic nitrogens is 6. The number of nitrogens with zero attached hydrogens (tertiary/aromatic N) is 6. The molecule has 446 valence electrons. The standard InChI is InChI=1S/C46H29N3.C44H27N3/c1-2-13-35(14-3-1)49-43-20-9-8-17-38(43)41-28-34(25-26-44(41)49)33-12-10-11-32(27-33)30-21-23-31(24-22-30)42-29-47-45-39-18-6-4-15-36(39)37-16-5-7-19-40(37)46(45)48-42;1-2-10-33(11-3-1)47-41-17-9-8-14-36(41)39-26-30(22-23-42(39)47)29-20-18-28-19-21-31(25-32(28)24-29)40-27-45-43-37-15-6-4-12-34(37)35-13-5-7-16-38(35)44(43)46-40/h1-29H;1-27H. The first kappa shape index (κ1) is 54.8. The predicted molar refractivity (Wildman–Crippen MR) is 402 cm³/mol. The maximum absolute atomic E-state index is 5.24. The molecule has 0 aliphatic heterocycles. The minimum absolute atomic E-state index is 0.871. The first-order chi connectivity index (χ1) is 47.6. The van der Waals surface area contributed by atoms with Gasteiger partial charge in [-0.2, -0.15) is 0 Å². The van der Waals surface area contributed by atoms with Gasteiger partial charge in [-0.25, -0.2) is 9.97 Å². The van der Waals surface area contributed by atoms with Gasteiger partial charge in [-0.05, 0) is 145 Å². The molecular weight excluding hydrogens is 1170 g/mol. The van der Waals surface area contributed by atoms with Crippen LogP contribution in [-0.2, 0) is 0 Å². The molecule has 4 aromatic heterocycles. The van der Waals surface area contributed by atoms with E-state index in [1.165, 1.54) is 115 Å². The van der Waals surface area contributed by atoms with E-state index in [4.69, 9.17) is 19.9 Å². The van der Waals surface area contributed by atoms with Crippen molar-refractivity contribution < 1.29 is 0 Å². The Morgan fingerprint density at radius 3 is 1.01 bits per heavy atom. The first-order valence-electron chi connectivity index (χ1n) is 32.7. The van der Waals surface area contributed by atoms with Crippen molar-refractivity contribution >= 4 is 120 Å². The molecule has 0 unspecified atom stereocenters. The Morgan fingerprint density at radius 2 is 0.521 bits per heavy atom. The van der Waals surface area contributed by atoms with Crippen LogP contribution in [0.4, 0.5) is 0 Å². The second-order valence-corrected chi connectivity index (χ2v) is 24.9. The van der Waals surface area contributed by atoms with E-state index in [0.29, 0.717) is 0 Å². The van der Waals surface area contributed by atoms with Crippen LogP contribution in [0.1, 0.15) is 0 Å². The van der Waals surface area contributed by atoms with Crippen LogP contribution in [0.5, 0.6) is 0 Å². The summed E-state index contributed by atoms with van der Waals surface area (Å²) >= 11 is 0. The summed E-state index contributed by atoms with van der Waals surface area (Å²) in [6.45, 7) is 0. The van der Waals surface area contributed by atoms with Gasteiger partial charge in [0.2, 0.25) is 0 Å². The van der Waals surface area contributed by atoms with Gasteiger partial charge in [0.15, 0.2) is 0 Å². The lowest BCUT2D eigenvalue weighted by atomic mass is 9.97. The second-order valence-electron chi connectivity index (χ2n) is 24.9. The SMILES string of the molecule is c1ccc(-n2c3ccccc3c3cc(-c4ccc5ccc(-c6cnc7c8ccccc8c8ccccc8c7n6)cc5c4)ccc32)cc1.c1ccc(-n2c3ccccc3c3cc(-c4cccc(-c5ccc(-c6cnc7c8ccccc8c8ccccc8c7n6)cc5)c4)ccc32)cc1. The smallest absolute Gasteiger partial charge is 0.0979 e. The van der Waals surface area contributed by atoms with Crippen molar-refractivity contribution in [2.75, 3.05) is 0 Å². The molecule has 6 nitrogen and oxygen atoms in total. The largest absolute Gasteiger partial charge is 0.309 e.